The van der Waals surface area contributed by atoms with E-state index in [1.54, 1.807) is 0 Å². The monoisotopic (exact) mass is 1020 g/mol. The summed E-state index contributed by atoms with van der Waals surface area (Å²) in [5, 5.41) is 0. The number of allylic oxidation sites excluding steroid dienone is 6. The number of esters is 3. The predicted molar refractivity (Wildman–Crippen MR) is 316 cm³/mol. The van der Waals surface area contributed by atoms with Crippen LogP contribution in [0.15, 0.2) is 36.5 Å². The lowest BCUT2D eigenvalue weighted by molar-refractivity contribution is -0.167. The fourth-order valence-electron chi connectivity index (χ4n) is 9.76. The third-order valence-electron chi connectivity index (χ3n) is 14.6. The van der Waals surface area contributed by atoms with Crippen molar-refractivity contribution in [2.75, 3.05) is 13.2 Å². The molecule has 428 valence electrons. The van der Waals surface area contributed by atoms with Crippen molar-refractivity contribution < 1.29 is 28.6 Å². The average molecular weight is 1030 g/mol. The Kier molecular flexibility index (Phi) is 60.2. The van der Waals surface area contributed by atoms with Gasteiger partial charge in [-0.1, -0.05) is 320 Å². The summed E-state index contributed by atoms with van der Waals surface area (Å²) in [6.07, 6.45) is 75.9. The molecule has 0 aliphatic rings. The van der Waals surface area contributed by atoms with Crippen LogP contribution in [0.4, 0.5) is 0 Å². The smallest absolute Gasteiger partial charge is 0.306 e. The molecule has 0 saturated carbocycles. The van der Waals surface area contributed by atoms with Crippen LogP contribution in [0, 0.1) is 0 Å². The molecule has 0 saturated heterocycles. The first-order valence-electron chi connectivity index (χ1n) is 32.5. The van der Waals surface area contributed by atoms with Crippen molar-refractivity contribution in [3.8, 4) is 0 Å². The van der Waals surface area contributed by atoms with Crippen LogP contribution in [0.2, 0.25) is 0 Å². The average Bonchev–Trinajstić information content (AvgIpc) is 3.39. The zero-order valence-corrected chi connectivity index (χ0v) is 49.2. The van der Waals surface area contributed by atoms with Gasteiger partial charge < -0.3 is 14.2 Å². The molecule has 0 aliphatic heterocycles. The summed E-state index contributed by atoms with van der Waals surface area (Å²) in [5.74, 6) is -0.910. The molecule has 6 heteroatoms. The highest BCUT2D eigenvalue weighted by molar-refractivity contribution is 5.71. The second-order valence-electron chi connectivity index (χ2n) is 22.0. The fourth-order valence-corrected chi connectivity index (χ4v) is 9.76. The minimum Gasteiger partial charge on any atom is -0.462 e. The van der Waals surface area contributed by atoms with Crippen LogP contribution >= 0.6 is 0 Å². The Bertz CT molecular complexity index is 1220. The maximum absolute atomic E-state index is 12.9. The van der Waals surface area contributed by atoms with Crippen LogP contribution in [-0.2, 0) is 28.6 Å². The molecule has 0 heterocycles. The van der Waals surface area contributed by atoms with E-state index < -0.39 is 6.10 Å². The molecule has 0 spiro atoms. The molecule has 0 N–H and O–H groups in total. The van der Waals surface area contributed by atoms with E-state index >= 15 is 0 Å². The van der Waals surface area contributed by atoms with E-state index in [1.165, 1.54) is 250 Å². The first-order valence-corrected chi connectivity index (χ1v) is 32.5. The molecule has 0 aliphatic carbocycles. The lowest BCUT2D eigenvalue weighted by atomic mass is 10.0. The quantitative estimate of drug-likeness (QED) is 0.0261. The van der Waals surface area contributed by atoms with Gasteiger partial charge in [-0.3, -0.25) is 14.4 Å². The second kappa shape index (κ2) is 62.2. The lowest BCUT2D eigenvalue weighted by Gasteiger charge is -2.18. The standard InChI is InChI=1S/C67H124O6/c1-4-7-10-13-16-19-22-25-28-31-33-36-39-42-45-48-51-54-57-60-66(69)72-63-64(62-71-65(68)59-56-53-50-47-44-41-38-35-30-27-24-21-18-15-12-9-6-3)73-67(70)61-58-55-52-49-46-43-40-37-34-32-29-26-23-20-17-14-11-8-5-2/h27,30,38,41,47,50,64H,4-26,28-29,31-37,39-40,42-46,48-49,51-63H2,1-3H3/b30-27-,41-38-,50-47-. The Morgan fingerprint density at radius 1 is 0.274 bits per heavy atom. The van der Waals surface area contributed by atoms with E-state index in [0.717, 1.165) is 57.8 Å². The zero-order chi connectivity index (χ0) is 52.9. The molecule has 0 fully saturated rings. The van der Waals surface area contributed by atoms with Crippen LogP contribution in [0.3, 0.4) is 0 Å². The maximum atomic E-state index is 12.9. The van der Waals surface area contributed by atoms with Gasteiger partial charge in [0.1, 0.15) is 13.2 Å². The molecule has 1 unspecified atom stereocenters. The third kappa shape index (κ3) is 60.4. The first-order chi connectivity index (χ1) is 36.0. The summed E-state index contributed by atoms with van der Waals surface area (Å²) in [4.78, 5) is 38.3. The van der Waals surface area contributed by atoms with E-state index in [2.05, 4.69) is 57.2 Å². The predicted octanol–water partition coefficient (Wildman–Crippen LogP) is 22.0. The molecule has 0 aromatic carbocycles. The molecule has 1 atom stereocenters. The third-order valence-corrected chi connectivity index (χ3v) is 14.6. The number of hydrogen-bond acceptors (Lipinski definition) is 6. The van der Waals surface area contributed by atoms with E-state index in [1.807, 2.05) is 0 Å². The van der Waals surface area contributed by atoms with E-state index in [4.69, 9.17) is 14.2 Å². The molecule has 0 aromatic rings. The van der Waals surface area contributed by atoms with Crippen LogP contribution < -0.4 is 0 Å². The Hall–Kier alpha value is -2.37. The largest absolute Gasteiger partial charge is 0.462 e. The van der Waals surface area contributed by atoms with Crippen molar-refractivity contribution in [1.29, 1.82) is 0 Å². The Morgan fingerprint density at radius 3 is 0.822 bits per heavy atom. The summed E-state index contributed by atoms with van der Waals surface area (Å²) >= 11 is 0. The number of ether oxygens (including phenoxy) is 3. The number of hydrogen-bond donors (Lipinski definition) is 0. The van der Waals surface area contributed by atoms with Gasteiger partial charge in [-0.2, -0.15) is 0 Å². The Labute approximate surface area is 455 Å². The molecule has 73 heavy (non-hydrogen) atoms. The number of carbonyl (C=O) groups is 3. The molecule has 0 radical (unpaired) electrons. The summed E-state index contributed by atoms with van der Waals surface area (Å²) in [5.41, 5.74) is 0. The van der Waals surface area contributed by atoms with Crippen LogP contribution in [-0.4, -0.2) is 37.2 Å². The lowest BCUT2D eigenvalue weighted by Crippen LogP contribution is -2.30. The van der Waals surface area contributed by atoms with Gasteiger partial charge >= 0.3 is 17.9 Å². The van der Waals surface area contributed by atoms with Crippen molar-refractivity contribution in [2.45, 2.75) is 361 Å². The molecule has 0 bridgehead atoms. The summed E-state index contributed by atoms with van der Waals surface area (Å²) in [6.45, 7) is 6.66. The number of carbonyl (C=O) groups excluding carboxylic acids is 3. The van der Waals surface area contributed by atoms with Gasteiger partial charge in [0, 0.05) is 19.3 Å². The van der Waals surface area contributed by atoms with Crippen LogP contribution in [0.5, 0.6) is 0 Å². The Balaban J connectivity index is 4.37. The van der Waals surface area contributed by atoms with Crippen molar-refractivity contribution in [3.63, 3.8) is 0 Å². The number of rotatable bonds is 60. The highest BCUT2D eigenvalue weighted by Crippen LogP contribution is 2.18. The molecule has 6 nitrogen and oxygen atoms in total. The molecule has 0 amide bonds. The van der Waals surface area contributed by atoms with Gasteiger partial charge in [0.05, 0.1) is 0 Å². The molecular weight excluding hydrogens is 901 g/mol. The van der Waals surface area contributed by atoms with Crippen molar-refractivity contribution in [3.05, 3.63) is 36.5 Å². The van der Waals surface area contributed by atoms with Gasteiger partial charge in [-0.15, -0.1) is 0 Å². The SMILES string of the molecule is CCCCCCCC/C=C\C/C=C\C/C=C\CCCC(=O)OCC(COC(=O)CCCCCCCCCCCCCCCCCCCCC)OC(=O)CCCCCCCCCCCCCCCCCCCCC. The van der Waals surface area contributed by atoms with E-state index in [-0.39, 0.29) is 31.1 Å². The van der Waals surface area contributed by atoms with Crippen molar-refractivity contribution >= 4 is 17.9 Å². The minimum atomic E-state index is -0.789. The van der Waals surface area contributed by atoms with E-state index in [0.29, 0.717) is 25.7 Å². The van der Waals surface area contributed by atoms with Gasteiger partial charge in [0.25, 0.3) is 0 Å². The molecule has 0 rings (SSSR count). The van der Waals surface area contributed by atoms with E-state index in [9.17, 15) is 14.4 Å². The maximum Gasteiger partial charge on any atom is 0.306 e. The van der Waals surface area contributed by atoms with Gasteiger partial charge in [0.2, 0.25) is 0 Å². The fraction of sp³-hybridized carbons (Fsp3) is 0.866. The minimum absolute atomic E-state index is 0.0820. The molecular formula is C67H124O6. The van der Waals surface area contributed by atoms with Crippen LogP contribution in [0.1, 0.15) is 355 Å². The molecule has 0 aromatic heterocycles. The zero-order valence-electron chi connectivity index (χ0n) is 49.2. The summed E-state index contributed by atoms with van der Waals surface area (Å²) < 4.78 is 16.9. The topological polar surface area (TPSA) is 78.9 Å². The highest BCUT2D eigenvalue weighted by atomic mass is 16.6. The van der Waals surface area contributed by atoms with Crippen molar-refractivity contribution in [1.82, 2.24) is 0 Å². The van der Waals surface area contributed by atoms with Crippen LogP contribution in [0.25, 0.3) is 0 Å². The van der Waals surface area contributed by atoms with Gasteiger partial charge in [-0.25, -0.2) is 0 Å². The first kappa shape index (κ1) is 70.6. The summed E-state index contributed by atoms with van der Waals surface area (Å²) in [6, 6.07) is 0. The van der Waals surface area contributed by atoms with Gasteiger partial charge in [0.15, 0.2) is 6.10 Å². The second-order valence-corrected chi connectivity index (χ2v) is 22.0. The Morgan fingerprint density at radius 2 is 0.507 bits per heavy atom. The normalized spacial score (nSPS) is 12.2. The summed E-state index contributed by atoms with van der Waals surface area (Å²) in [7, 11) is 0. The van der Waals surface area contributed by atoms with Gasteiger partial charge in [-0.05, 0) is 51.4 Å². The highest BCUT2D eigenvalue weighted by Gasteiger charge is 2.19. The van der Waals surface area contributed by atoms with Crippen molar-refractivity contribution in [2.24, 2.45) is 0 Å². The number of unbranched alkanes of at least 4 members (excludes halogenated alkanes) is 43.